The molecule has 3 heteroatoms. The summed E-state index contributed by atoms with van der Waals surface area (Å²) >= 11 is 0. The molecule has 0 unspecified atom stereocenters. The molecule has 0 bridgehead atoms. The minimum atomic E-state index is -0.0751. The van der Waals surface area contributed by atoms with Gasteiger partial charge in [-0.15, -0.1) is 0 Å². The van der Waals surface area contributed by atoms with E-state index in [1.54, 1.807) is 12.1 Å². The fourth-order valence-electron chi connectivity index (χ4n) is 2.85. The maximum atomic E-state index is 13.7. The molecule has 1 aliphatic heterocycles. The molecule has 19 heavy (non-hydrogen) atoms. The van der Waals surface area contributed by atoms with E-state index in [0.29, 0.717) is 0 Å². The monoisotopic (exact) mass is 264 g/mol. The second-order valence-electron chi connectivity index (χ2n) is 5.52. The molecule has 0 radical (unpaired) electrons. The Hall–Kier alpha value is -0.930. The van der Waals surface area contributed by atoms with E-state index >= 15 is 0 Å². The van der Waals surface area contributed by atoms with Crippen LogP contribution in [0.1, 0.15) is 31.7 Å². The summed E-state index contributed by atoms with van der Waals surface area (Å²) in [7, 11) is 0. The normalized spacial score (nSPS) is 17.0. The van der Waals surface area contributed by atoms with E-state index in [0.717, 1.165) is 50.6 Å². The zero-order valence-corrected chi connectivity index (χ0v) is 11.9. The van der Waals surface area contributed by atoms with Gasteiger partial charge in [-0.2, -0.15) is 0 Å². The molecule has 1 saturated heterocycles. The van der Waals surface area contributed by atoms with Crippen LogP contribution in [0.15, 0.2) is 24.3 Å². The Bertz CT molecular complexity index is 375. The Kier molecular flexibility index (Phi) is 5.80. The van der Waals surface area contributed by atoms with Gasteiger partial charge in [0.2, 0.25) is 0 Å². The SMILES string of the molecule is CCCN(Cc1ccccc1F)CC1CCNCC1. The maximum Gasteiger partial charge on any atom is 0.127 e. The van der Waals surface area contributed by atoms with Crippen molar-refractivity contribution in [3.05, 3.63) is 35.6 Å². The molecule has 2 rings (SSSR count). The van der Waals surface area contributed by atoms with Crippen molar-refractivity contribution in [2.45, 2.75) is 32.7 Å². The fourth-order valence-corrected chi connectivity index (χ4v) is 2.85. The molecule has 1 aliphatic rings. The molecule has 1 N–H and O–H groups in total. The van der Waals surface area contributed by atoms with Crippen LogP contribution in [0.3, 0.4) is 0 Å². The fraction of sp³-hybridized carbons (Fsp3) is 0.625. The average molecular weight is 264 g/mol. The molecule has 2 nitrogen and oxygen atoms in total. The first-order valence-electron chi connectivity index (χ1n) is 7.46. The smallest absolute Gasteiger partial charge is 0.127 e. The van der Waals surface area contributed by atoms with E-state index in [2.05, 4.69) is 17.1 Å². The zero-order valence-electron chi connectivity index (χ0n) is 11.9. The van der Waals surface area contributed by atoms with Crippen LogP contribution in [0.4, 0.5) is 4.39 Å². The Balaban J connectivity index is 1.93. The van der Waals surface area contributed by atoms with Crippen molar-refractivity contribution in [2.24, 2.45) is 5.92 Å². The molecule has 1 heterocycles. The molecular weight excluding hydrogens is 239 g/mol. The standard InChI is InChI=1S/C16H25FN2/c1-2-11-19(12-14-7-9-18-10-8-14)13-15-5-3-4-6-16(15)17/h3-6,14,18H,2,7-13H2,1H3. The Labute approximate surface area is 116 Å². The minimum Gasteiger partial charge on any atom is -0.317 e. The number of nitrogens with one attached hydrogen (secondary N) is 1. The summed E-state index contributed by atoms with van der Waals surface area (Å²) in [5.41, 5.74) is 0.824. The van der Waals surface area contributed by atoms with Gasteiger partial charge in [0.1, 0.15) is 5.82 Å². The van der Waals surface area contributed by atoms with Crippen LogP contribution in [-0.4, -0.2) is 31.1 Å². The molecule has 0 atom stereocenters. The highest BCUT2D eigenvalue weighted by atomic mass is 19.1. The lowest BCUT2D eigenvalue weighted by molar-refractivity contribution is 0.197. The molecular formula is C16H25FN2. The summed E-state index contributed by atoms with van der Waals surface area (Å²) in [6, 6.07) is 7.15. The number of piperidine rings is 1. The molecule has 1 fully saturated rings. The molecule has 1 aromatic carbocycles. The molecule has 0 spiro atoms. The number of rotatable bonds is 6. The molecule has 0 aromatic heterocycles. The first kappa shape index (κ1) is 14.5. The van der Waals surface area contributed by atoms with Crippen molar-refractivity contribution in [2.75, 3.05) is 26.2 Å². The second-order valence-corrected chi connectivity index (χ2v) is 5.52. The van der Waals surface area contributed by atoms with Gasteiger partial charge in [-0.25, -0.2) is 4.39 Å². The molecule has 1 aromatic rings. The molecule has 0 amide bonds. The first-order chi connectivity index (χ1) is 9.29. The van der Waals surface area contributed by atoms with Crippen LogP contribution >= 0.6 is 0 Å². The predicted octanol–water partition coefficient (Wildman–Crippen LogP) is 3.04. The van der Waals surface area contributed by atoms with Gasteiger partial charge in [0.15, 0.2) is 0 Å². The van der Waals surface area contributed by atoms with Gasteiger partial charge in [0, 0.05) is 18.7 Å². The van der Waals surface area contributed by atoms with Crippen molar-refractivity contribution in [3.8, 4) is 0 Å². The van der Waals surface area contributed by atoms with Gasteiger partial charge >= 0.3 is 0 Å². The highest BCUT2D eigenvalue weighted by Crippen LogP contribution is 2.17. The van der Waals surface area contributed by atoms with E-state index in [9.17, 15) is 4.39 Å². The third-order valence-electron chi connectivity index (χ3n) is 3.87. The first-order valence-corrected chi connectivity index (χ1v) is 7.46. The number of nitrogens with zero attached hydrogens (tertiary/aromatic N) is 1. The largest absolute Gasteiger partial charge is 0.317 e. The van der Waals surface area contributed by atoms with Gasteiger partial charge in [-0.3, -0.25) is 4.90 Å². The number of benzene rings is 1. The molecule has 106 valence electrons. The van der Waals surface area contributed by atoms with E-state index in [4.69, 9.17) is 0 Å². The van der Waals surface area contributed by atoms with Crippen LogP contribution in [0.2, 0.25) is 0 Å². The minimum absolute atomic E-state index is 0.0751. The van der Waals surface area contributed by atoms with Gasteiger partial charge < -0.3 is 5.32 Å². The summed E-state index contributed by atoms with van der Waals surface area (Å²) in [6.45, 7) is 7.35. The van der Waals surface area contributed by atoms with Crippen molar-refractivity contribution in [3.63, 3.8) is 0 Å². The van der Waals surface area contributed by atoms with Crippen molar-refractivity contribution in [1.82, 2.24) is 10.2 Å². The number of halogens is 1. The summed E-state index contributed by atoms with van der Waals surface area (Å²) < 4.78 is 13.7. The van der Waals surface area contributed by atoms with Crippen LogP contribution in [0, 0.1) is 11.7 Å². The summed E-state index contributed by atoms with van der Waals surface area (Å²) in [4.78, 5) is 2.41. The highest BCUT2D eigenvalue weighted by molar-refractivity contribution is 5.17. The summed E-state index contributed by atoms with van der Waals surface area (Å²) in [5, 5.41) is 3.40. The predicted molar refractivity (Wildman–Crippen MR) is 77.6 cm³/mol. The molecule has 0 aliphatic carbocycles. The third-order valence-corrected chi connectivity index (χ3v) is 3.87. The van der Waals surface area contributed by atoms with Gasteiger partial charge in [-0.05, 0) is 50.9 Å². The third kappa shape index (κ3) is 4.59. The summed E-state index contributed by atoms with van der Waals surface area (Å²) in [5.74, 6) is 0.688. The molecule has 0 saturated carbocycles. The van der Waals surface area contributed by atoms with Gasteiger partial charge in [0.25, 0.3) is 0 Å². The van der Waals surface area contributed by atoms with E-state index in [1.165, 1.54) is 12.8 Å². The lowest BCUT2D eigenvalue weighted by Crippen LogP contribution is -2.36. The van der Waals surface area contributed by atoms with E-state index < -0.39 is 0 Å². The van der Waals surface area contributed by atoms with E-state index in [1.807, 2.05) is 12.1 Å². The van der Waals surface area contributed by atoms with Gasteiger partial charge in [-0.1, -0.05) is 25.1 Å². The summed E-state index contributed by atoms with van der Waals surface area (Å²) in [6.07, 6.45) is 3.62. The zero-order chi connectivity index (χ0) is 13.5. The lowest BCUT2D eigenvalue weighted by Gasteiger charge is -2.30. The second kappa shape index (κ2) is 7.61. The highest BCUT2D eigenvalue weighted by Gasteiger charge is 2.17. The van der Waals surface area contributed by atoms with E-state index in [-0.39, 0.29) is 5.82 Å². The van der Waals surface area contributed by atoms with Crippen LogP contribution in [0.25, 0.3) is 0 Å². The average Bonchev–Trinajstić information content (AvgIpc) is 2.43. The van der Waals surface area contributed by atoms with Crippen LogP contribution < -0.4 is 5.32 Å². The van der Waals surface area contributed by atoms with Crippen molar-refractivity contribution < 1.29 is 4.39 Å². The Morgan fingerprint density at radius 2 is 2.00 bits per heavy atom. The van der Waals surface area contributed by atoms with Crippen LogP contribution in [0.5, 0.6) is 0 Å². The van der Waals surface area contributed by atoms with Gasteiger partial charge in [0.05, 0.1) is 0 Å². The quantitative estimate of drug-likeness (QED) is 0.849. The lowest BCUT2D eigenvalue weighted by atomic mass is 9.97. The van der Waals surface area contributed by atoms with Crippen molar-refractivity contribution >= 4 is 0 Å². The van der Waals surface area contributed by atoms with Crippen LogP contribution in [-0.2, 0) is 6.54 Å². The topological polar surface area (TPSA) is 15.3 Å². The van der Waals surface area contributed by atoms with Crippen molar-refractivity contribution in [1.29, 1.82) is 0 Å². The number of hydrogen-bond donors (Lipinski definition) is 1. The Morgan fingerprint density at radius 1 is 1.26 bits per heavy atom. The Morgan fingerprint density at radius 3 is 2.68 bits per heavy atom. The number of hydrogen-bond acceptors (Lipinski definition) is 2. The maximum absolute atomic E-state index is 13.7.